The lowest BCUT2D eigenvalue weighted by atomic mass is 9.66. The van der Waals surface area contributed by atoms with E-state index < -0.39 is 6.04 Å². The second kappa shape index (κ2) is 9.49. The summed E-state index contributed by atoms with van der Waals surface area (Å²) in [5.74, 6) is 0.558. The third kappa shape index (κ3) is 4.73. The molecule has 1 saturated heterocycles. The molecule has 182 valence electrons. The second-order valence-corrected chi connectivity index (χ2v) is 10.5. The normalized spacial score (nSPS) is 21.8. The minimum Gasteiger partial charge on any atom is -0.381 e. The summed E-state index contributed by atoms with van der Waals surface area (Å²) in [6.07, 6.45) is 10.9. The number of nitrogens with zero attached hydrogens (tertiary/aromatic N) is 3. The highest BCUT2D eigenvalue weighted by Gasteiger charge is 2.54. The molecule has 2 aromatic heterocycles. The van der Waals surface area contributed by atoms with Crippen LogP contribution in [0.15, 0.2) is 30.6 Å². The van der Waals surface area contributed by atoms with Crippen molar-refractivity contribution in [2.24, 2.45) is 24.3 Å². The van der Waals surface area contributed by atoms with Crippen LogP contribution in [0.1, 0.15) is 74.0 Å². The lowest BCUT2D eigenvalue weighted by Gasteiger charge is -2.42. The zero-order valence-corrected chi connectivity index (χ0v) is 20.1. The highest BCUT2D eigenvalue weighted by Crippen LogP contribution is 2.58. The zero-order chi connectivity index (χ0) is 23.7. The molecule has 2 aromatic rings. The Hall–Kier alpha value is -2.74. The number of amides is 2. The van der Waals surface area contributed by atoms with Gasteiger partial charge in [0.15, 0.2) is 0 Å². The van der Waals surface area contributed by atoms with Crippen LogP contribution >= 0.6 is 0 Å². The molecule has 0 radical (unpaired) electrons. The standard InChI is InChI=1S/C26H35N5O3/c1-26(11-12-26)22(18-4-3-5-18)23(30-24(32)21-8-13-28-31(21)2)25(33)29-19-6-7-20(27-16-19)17-9-14-34-15-10-17/h6-8,13,16-18,22-23H,3-5,9-12,14-15H2,1-2H3,(H,29,33)(H,30,32)/t22?,23-/m0/s1. The zero-order valence-electron chi connectivity index (χ0n) is 20.1. The molecule has 0 bridgehead atoms. The van der Waals surface area contributed by atoms with Crippen LogP contribution in [0, 0.1) is 17.3 Å². The Morgan fingerprint density at radius 3 is 2.47 bits per heavy atom. The molecule has 34 heavy (non-hydrogen) atoms. The molecule has 3 heterocycles. The number of rotatable bonds is 8. The van der Waals surface area contributed by atoms with Crippen molar-refractivity contribution in [2.45, 2.75) is 63.8 Å². The van der Waals surface area contributed by atoms with Crippen molar-refractivity contribution >= 4 is 17.5 Å². The first-order valence-corrected chi connectivity index (χ1v) is 12.6. The Labute approximate surface area is 200 Å². The molecule has 2 N–H and O–H groups in total. The maximum atomic E-state index is 13.7. The average molecular weight is 466 g/mol. The van der Waals surface area contributed by atoms with Gasteiger partial charge >= 0.3 is 0 Å². The Balaban J connectivity index is 1.35. The van der Waals surface area contributed by atoms with E-state index in [1.807, 2.05) is 12.1 Å². The summed E-state index contributed by atoms with van der Waals surface area (Å²) in [4.78, 5) is 31.4. The van der Waals surface area contributed by atoms with Crippen LogP contribution in [0.2, 0.25) is 0 Å². The number of aryl methyl sites for hydroxylation is 1. The Morgan fingerprint density at radius 2 is 1.91 bits per heavy atom. The minimum absolute atomic E-state index is 0.0952. The molecule has 0 spiro atoms. The van der Waals surface area contributed by atoms with Gasteiger partial charge in [-0.1, -0.05) is 26.2 Å². The SMILES string of the molecule is Cn1nccc1C(=O)N[C@H](C(=O)Nc1ccc(C2CCOCC2)nc1)C(C1CCC1)C1(C)CC1. The van der Waals surface area contributed by atoms with Crippen molar-refractivity contribution in [1.29, 1.82) is 0 Å². The number of aromatic nitrogens is 3. The van der Waals surface area contributed by atoms with E-state index >= 15 is 0 Å². The number of nitrogens with one attached hydrogen (secondary N) is 2. The van der Waals surface area contributed by atoms with Gasteiger partial charge in [-0.05, 0) is 61.1 Å². The smallest absolute Gasteiger partial charge is 0.270 e. The van der Waals surface area contributed by atoms with Gasteiger partial charge < -0.3 is 15.4 Å². The van der Waals surface area contributed by atoms with Crippen LogP contribution < -0.4 is 10.6 Å². The molecule has 2 amide bonds. The average Bonchev–Trinajstić information content (AvgIpc) is 3.41. The van der Waals surface area contributed by atoms with Crippen molar-refractivity contribution in [3.8, 4) is 0 Å². The van der Waals surface area contributed by atoms with Gasteiger partial charge in [-0.2, -0.15) is 5.10 Å². The summed E-state index contributed by atoms with van der Waals surface area (Å²) in [6.45, 7) is 3.80. The molecule has 3 fully saturated rings. The van der Waals surface area contributed by atoms with Gasteiger partial charge in [0, 0.05) is 38.1 Å². The second-order valence-electron chi connectivity index (χ2n) is 10.5. The maximum absolute atomic E-state index is 13.7. The van der Waals surface area contributed by atoms with Crippen molar-refractivity contribution in [2.75, 3.05) is 18.5 Å². The van der Waals surface area contributed by atoms with Crippen LogP contribution in [0.25, 0.3) is 0 Å². The van der Waals surface area contributed by atoms with Gasteiger partial charge in [0.05, 0.1) is 11.9 Å². The third-order valence-electron chi connectivity index (χ3n) is 8.18. The molecule has 2 saturated carbocycles. The molecule has 8 nitrogen and oxygen atoms in total. The highest BCUT2D eigenvalue weighted by molar-refractivity contribution is 6.00. The summed E-state index contributed by atoms with van der Waals surface area (Å²) >= 11 is 0. The molecule has 5 rings (SSSR count). The van der Waals surface area contributed by atoms with E-state index in [1.54, 1.807) is 30.2 Å². The number of hydrogen-bond donors (Lipinski definition) is 2. The van der Waals surface area contributed by atoms with Crippen LogP contribution in [0.4, 0.5) is 5.69 Å². The Bertz CT molecular complexity index is 1020. The summed E-state index contributed by atoms with van der Waals surface area (Å²) in [7, 11) is 1.74. The molecule has 1 aliphatic heterocycles. The van der Waals surface area contributed by atoms with Crippen molar-refractivity contribution < 1.29 is 14.3 Å². The molecular weight excluding hydrogens is 430 g/mol. The first-order chi connectivity index (χ1) is 16.4. The van der Waals surface area contributed by atoms with Crippen LogP contribution in [0.5, 0.6) is 0 Å². The fraction of sp³-hybridized carbons (Fsp3) is 0.615. The van der Waals surface area contributed by atoms with Gasteiger partial charge in [0.1, 0.15) is 11.7 Å². The summed E-state index contributed by atoms with van der Waals surface area (Å²) in [5, 5.41) is 10.3. The Kier molecular flexibility index (Phi) is 6.42. The molecule has 0 aromatic carbocycles. The van der Waals surface area contributed by atoms with E-state index in [0.29, 0.717) is 23.2 Å². The lowest BCUT2D eigenvalue weighted by molar-refractivity contribution is -0.121. The number of ether oxygens (including phenoxy) is 1. The fourth-order valence-electron chi connectivity index (χ4n) is 5.64. The molecule has 2 atom stereocenters. The van der Waals surface area contributed by atoms with E-state index in [1.165, 1.54) is 6.42 Å². The van der Waals surface area contributed by atoms with Gasteiger partial charge in [-0.3, -0.25) is 19.3 Å². The van der Waals surface area contributed by atoms with Gasteiger partial charge in [-0.15, -0.1) is 0 Å². The molecule has 8 heteroatoms. The predicted octanol–water partition coefficient (Wildman–Crippen LogP) is 3.66. The lowest BCUT2D eigenvalue weighted by Crippen LogP contribution is -2.54. The molecular formula is C26H35N5O3. The first kappa shape index (κ1) is 23.0. The molecule has 3 aliphatic rings. The van der Waals surface area contributed by atoms with Gasteiger partial charge in [-0.25, -0.2) is 0 Å². The van der Waals surface area contributed by atoms with Crippen LogP contribution in [0.3, 0.4) is 0 Å². The largest absolute Gasteiger partial charge is 0.381 e. The highest BCUT2D eigenvalue weighted by atomic mass is 16.5. The monoisotopic (exact) mass is 465 g/mol. The quantitative estimate of drug-likeness (QED) is 0.620. The summed E-state index contributed by atoms with van der Waals surface area (Å²) in [5.41, 5.74) is 2.25. The minimum atomic E-state index is -0.602. The number of anilines is 1. The Morgan fingerprint density at radius 1 is 1.15 bits per heavy atom. The van der Waals surface area contributed by atoms with E-state index in [2.05, 4.69) is 27.6 Å². The van der Waals surface area contributed by atoms with Crippen LogP contribution in [-0.4, -0.2) is 45.8 Å². The predicted molar refractivity (Wildman–Crippen MR) is 128 cm³/mol. The van der Waals surface area contributed by atoms with Crippen LogP contribution in [-0.2, 0) is 16.6 Å². The number of pyridine rings is 1. The maximum Gasteiger partial charge on any atom is 0.270 e. The van der Waals surface area contributed by atoms with E-state index in [9.17, 15) is 9.59 Å². The van der Waals surface area contributed by atoms with E-state index in [-0.39, 0.29) is 23.1 Å². The van der Waals surface area contributed by atoms with Crippen molar-refractivity contribution in [1.82, 2.24) is 20.1 Å². The topological polar surface area (TPSA) is 98.1 Å². The third-order valence-corrected chi connectivity index (χ3v) is 8.18. The van der Waals surface area contributed by atoms with Gasteiger partial charge in [0.25, 0.3) is 5.91 Å². The summed E-state index contributed by atoms with van der Waals surface area (Å²) in [6, 6.07) is 5.00. The molecule has 1 unspecified atom stereocenters. The first-order valence-electron chi connectivity index (χ1n) is 12.6. The summed E-state index contributed by atoms with van der Waals surface area (Å²) < 4.78 is 7.00. The van der Waals surface area contributed by atoms with E-state index in [4.69, 9.17) is 4.74 Å². The fourth-order valence-corrected chi connectivity index (χ4v) is 5.64. The van der Waals surface area contributed by atoms with Gasteiger partial charge in [0.2, 0.25) is 5.91 Å². The molecule has 2 aliphatic carbocycles. The number of hydrogen-bond acceptors (Lipinski definition) is 5. The number of carbonyl (C=O) groups is 2. The van der Waals surface area contributed by atoms with E-state index in [0.717, 1.165) is 57.4 Å². The van der Waals surface area contributed by atoms with Crippen molar-refractivity contribution in [3.05, 3.63) is 42.0 Å². The van der Waals surface area contributed by atoms with Crippen molar-refractivity contribution in [3.63, 3.8) is 0 Å². The number of carbonyl (C=O) groups excluding carboxylic acids is 2.